The smallest absolute Gasteiger partial charge is 0.272 e. The molecule has 0 N–H and O–H groups in total. The summed E-state index contributed by atoms with van der Waals surface area (Å²) in [6.45, 7) is 2.67. The van der Waals surface area contributed by atoms with Gasteiger partial charge in [-0.1, -0.05) is 5.16 Å². The van der Waals surface area contributed by atoms with Crippen LogP contribution in [0.25, 0.3) is 0 Å². The lowest BCUT2D eigenvalue weighted by atomic mass is 9.94. The third kappa shape index (κ3) is 2.54. The van der Waals surface area contributed by atoms with Crippen LogP contribution in [0.4, 0.5) is 0 Å². The lowest BCUT2D eigenvalue weighted by molar-refractivity contribution is 0.0589. The second-order valence-corrected chi connectivity index (χ2v) is 6.98. The molecule has 6 nitrogen and oxygen atoms in total. The van der Waals surface area contributed by atoms with Crippen LogP contribution in [0.5, 0.6) is 0 Å². The molecule has 0 saturated carbocycles. The highest BCUT2D eigenvalue weighted by atomic mass is 16.5. The maximum atomic E-state index is 13.4. The SMILES string of the molecule is Cc1cc(C2CCCCN2C(=O)c2c3c(nn2C)CCCC3)no1. The standard InChI is InChI=1S/C18H24N4O2/c1-12-11-15(20-24-12)16-9-5-6-10-22(16)18(23)17-13-7-3-4-8-14(13)19-21(17)2/h11,16H,3-10H2,1-2H3. The number of amides is 1. The number of hydrogen-bond acceptors (Lipinski definition) is 4. The molecule has 0 bridgehead atoms. The molecule has 2 aromatic heterocycles. The average Bonchev–Trinajstić information content (AvgIpc) is 3.16. The molecule has 128 valence electrons. The number of aromatic nitrogens is 3. The lowest BCUT2D eigenvalue weighted by Gasteiger charge is -2.34. The van der Waals surface area contributed by atoms with Crippen LogP contribution in [0, 0.1) is 6.92 Å². The van der Waals surface area contributed by atoms with E-state index in [0.29, 0.717) is 0 Å². The van der Waals surface area contributed by atoms with E-state index in [1.54, 1.807) is 4.68 Å². The van der Waals surface area contributed by atoms with Gasteiger partial charge in [0.1, 0.15) is 17.1 Å². The van der Waals surface area contributed by atoms with Gasteiger partial charge in [-0.3, -0.25) is 9.48 Å². The second-order valence-electron chi connectivity index (χ2n) is 6.98. The highest BCUT2D eigenvalue weighted by molar-refractivity contribution is 5.94. The molecule has 1 aliphatic heterocycles. The highest BCUT2D eigenvalue weighted by Gasteiger charge is 2.34. The molecule has 1 aliphatic carbocycles. The van der Waals surface area contributed by atoms with E-state index >= 15 is 0 Å². The van der Waals surface area contributed by atoms with Crippen molar-refractivity contribution in [1.29, 1.82) is 0 Å². The molecule has 6 heteroatoms. The van der Waals surface area contributed by atoms with Crippen LogP contribution in [0.15, 0.2) is 10.6 Å². The fourth-order valence-electron chi connectivity index (χ4n) is 4.11. The van der Waals surface area contributed by atoms with E-state index in [1.807, 2.05) is 24.9 Å². The van der Waals surface area contributed by atoms with E-state index in [0.717, 1.165) is 73.5 Å². The molecule has 3 heterocycles. The van der Waals surface area contributed by atoms with Gasteiger partial charge in [0.2, 0.25) is 0 Å². The summed E-state index contributed by atoms with van der Waals surface area (Å²) in [5, 5.41) is 8.78. The van der Waals surface area contributed by atoms with E-state index in [1.165, 1.54) is 6.42 Å². The van der Waals surface area contributed by atoms with Crippen molar-refractivity contribution < 1.29 is 9.32 Å². The average molecular weight is 328 g/mol. The predicted octanol–water partition coefficient (Wildman–Crippen LogP) is 2.96. The van der Waals surface area contributed by atoms with Gasteiger partial charge in [-0.2, -0.15) is 5.10 Å². The summed E-state index contributed by atoms with van der Waals surface area (Å²) >= 11 is 0. The number of carbonyl (C=O) groups excluding carboxylic acids is 1. The Bertz CT molecular complexity index is 761. The zero-order valence-electron chi connectivity index (χ0n) is 14.4. The third-order valence-electron chi connectivity index (χ3n) is 5.27. The number of nitrogens with zero attached hydrogens (tertiary/aromatic N) is 4. The van der Waals surface area contributed by atoms with Crippen LogP contribution in [0.3, 0.4) is 0 Å². The minimum absolute atomic E-state index is 0.0119. The van der Waals surface area contributed by atoms with Crippen LogP contribution < -0.4 is 0 Å². The minimum Gasteiger partial charge on any atom is -0.361 e. The zero-order chi connectivity index (χ0) is 16.7. The Morgan fingerprint density at radius 1 is 1.25 bits per heavy atom. The topological polar surface area (TPSA) is 64.2 Å². The van der Waals surface area contributed by atoms with Gasteiger partial charge in [0.05, 0.1) is 11.7 Å². The fourth-order valence-corrected chi connectivity index (χ4v) is 4.11. The Balaban J connectivity index is 1.68. The molecule has 1 fully saturated rings. The summed E-state index contributed by atoms with van der Waals surface area (Å²) < 4.78 is 7.03. The van der Waals surface area contributed by atoms with Crippen molar-refractivity contribution in [2.24, 2.45) is 7.05 Å². The Labute approximate surface area is 141 Å². The molecule has 0 radical (unpaired) electrons. The van der Waals surface area contributed by atoms with Gasteiger partial charge in [0.25, 0.3) is 5.91 Å². The normalized spacial score (nSPS) is 20.9. The first-order valence-corrected chi connectivity index (χ1v) is 8.94. The van der Waals surface area contributed by atoms with Gasteiger partial charge in [0, 0.05) is 25.2 Å². The van der Waals surface area contributed by atoms with Gasteiger partial charge in [-0.25, -0.2) is 0 Å². The monoisotopic (exact) mass is 328 g/mol. The lowest BCUT2D eigenvalue weighted by Crippen LogP contribution is -2.40. The quantitative estimate of drug-likeness (QED) is 0.850. The predicted molar refractivity (Wildman–Crippen MR) is 88.7 cm³/mol. The minimum atomic E-state index is 0.0119. The first-order chi connectivity index (χ1) is 11.6. The van der Waals surface area contributed by atoms with Crippen molar-refractivity contribution in [3.8, 4) is 0 Å². The van der Waals surface area contributed by atoms with Crippen LogP contribution >= 0.6 is 0 Å². The number of carbonyl (C=O) groups is 1. The first-order valence-electron chi connectivity index (χ1n) is 8.94. The van der Waals surface area contributed by atoms with E-state index in [2.05, 4.69) is 10.3 Å². The molecular formula is C18H24N4O2. The van der Waals surface area contributed by atoms with Gasteiger partial charge in [-0.15, -0.1) is 0 Å². The van der Waals surface area contributed by atoms with Crippen LogP contribution in [0.2, 0.25) is 0 Å². The molecule has 24 heavy (non-hydrogen) atoms. The molecule has 0 aromatic carbocycles. The molecule has 4 rings (SSSR count). The molecular weight excluding hydrogens is 304 g/mol. The number of hydrogen-bond donors (Lipinski definition) is 0. The van der Waals surface area contributed by atoms with Gasteiger partial charge in [-0.05, 0) is 51.9 Å². The van der Waals surface area contributed by atoms with Crippen LogP contribution in [-0.4, -0.2) is 32.3 Å². The molecule has 1 unspecified atom stereocenters. The maximum Gasteiger partial charge on any atom is 0.272 e. The van der Waals surface area contributed by atoms with E-state index in [9.17, 15) is 4.79 Å². The van der Waals surface area contributed by atoms with Gasteiger partial charge >= 0.3 is 0 Å². The summed E-state index contributed by atoms with van der Waals surface area (Å²) in [6, 6.07) is 1.97. The van der Waals surface area contributed by atoms with Crippen molar-refractivity contribution >= 4 is 5.91 Å². The maximum absolute atomic E-state index is 13.4. The van der Waals surface area contributed by atoms with E-state index < -0.39 is 0 Å². The third-order valence-corrected chi connectivity index (χ3v) is 5.27. The van der Waals surface area contributed by atoms with Crippen molar-refractivity contribution in [2.45, 2.75) is 57.9 Å². The molecule has 0 spiro atoms. The van der Waals surface area contributed by atoms with Crippen molar-refractivity contribution in [2.75, 3.05) is 6.54 Å². The number of piperidine rings is 1. The summed E-state index contributed by atoms with van der Waals surface area (Å²) in [4.78, 5) is 15.3. The number of likely N-dealkylation sites (tertiary alicyclic amines) is 1. The van der Waals surface area contributed by atoms with E-state index in [4.69, 9.17) is 4.52 Å². The fraction of sp³-hybridized carbons (Fsp3) is 0.611. The Kier molecular flexibility index (Phi) is 3.90. The van der Waals surface area contributed by atoms with Gasteiger partial charge in [0.15, 0.2) is 0 Å². The number of rotatable bonds is 2. The molecule has 1 atom stereocenters. The molecule has 2 aliphatic rings. The highest BCUT2D eigenvalue weighted by Crippen LogP contribution is 2.33. The zero-order valence-corrected chi connectivity index (χ0v) is 14.4. The summed E-state index contributed by atoms with van der Waals surface area (Å²) in [6.07, 6.45) is 7.36. The second kappa shape index (κ2) is 6.07. The molecule has 1 saturated heterocycles. The first kappa shape index (κ1) is 15.4. The number of aryl methyl sites for hydroxylation is 3. The summed E-state index contributed by atoms with van der Waals surface area (Å²) in [7, 11) is 1.89. The van der Waals surface area contributed by atoms with Crippen LogP contribution in [0.1, 0.15) is 71.3 Å². The summed E-state index contributed by atoms with van der Waals surface area (Å²) in [5.74, 6) is 0.888. The Morgan fingerprint density at radius 2 is 2.08 bits per heavy atom. The number of fused-ring (bicyclic) bond motifs is 1. The molecule has 1 amide bonds. The van der Waals surface area contributed by atoms with Gasteiger partial charge < -0.3 is 9.42 Å². The van der Waals surface area contributed by atoms with E-state index in [-0.39, 0.29) is 11.9 Å². The van der Waals surface area contributed by atoms with Crippen molar-refractivity contribution in [1.82, 2.24) is 19.8 Å². The Morgan fingerprint density at radius 3 is 2.88 bits per heavy atom. The Hall–Kier alpha value is -2.11. The van der Waals surface area contributed by atoms with Crippen molar-refractivity contribution in [3.05, 3.63) is 34.5 Å². The van der Waals surface area contributed by atoms with Crippen molar-refractivity contribution in [3.63, 3.8) is 0 Å². The van der Waals surface area contributed by atoms with Crippen LogP contribution in [-0.2, 0) is 19.9 Å². The summed E-state index contributed by atoms with van der Waals surface area (Å²) in [5.41, 5.74) is 3.92. The molecule has 2 aromatic rings. The largest absolute Gasteiger partial charge is 0.361 e.